The molecule has 152 valence electrons. The second-order valence-electron chi connectivity index (χ2n) is 7.52. The molecule has 0 spiro atoms. The van der Waals surface area contributed by atoms with Crippen molar-refractivity contribution in [1.29, 1.82) is 0 Å². The van der Waals surface area contributed by atoms with Crippen molar-refractivity contribution >= 4 is 29.2 Å². The van der Waals surface area contributed by atoms with Crippen molar-refractivity contribution in [2.45, 2.75) is 22.8 Å². The Morgan fingerprint density at radius 1 is 0.742 bits per heavy atom. The molecule has 0 unspecified atom stereocenters. The Bertz CT molecular complexity index is 1190. The summed E-state index contributed by atoms with van der Waals surface area (Å²) < 4.78 is 0. The molecule has 0 aromatic heterocycles. The van der Waals surface area contributed by atoms with Crippen molar-refractivity contribution in [2.75, 3.05) is 4.90 Å². The molecule has 1 atom stereocenters. The lowest BCUT2D eigenvalue weighted by atomic mass is 9.95. The Balaban J connectivity index is 1.58. The van der Waals surface area contributed by atoms with Crippen LogP contribution in [0.25, 0.3) is 0 Å². The van der Waals surface area contributed by atoms with Gasteiger partial charge in [-0.2, -0.15) is 0 Å². The minimum Gasteiger partial charge on any atom is -0.326 e. The van der Waals surface area contributed by atoms with Gasteiger partial charge in [0.2, 0.25) is 0 Å². The Kier molecular flexibility index (Phi) is 5.23. The average Bonchev–Trinajstić information content (AvgIpc) is 2.82. The number of amides is 2. The van der Waals surface area contributed by atoms with Gasteiger partial charge in [0.1, 0.15) is 0 Å². The highest BCUT2D eigenvalue weighted by atomic mass is 32.2. The molecule has 4 aromatic carbocycles. The van der Waals surface area contributed by atoms with Gasteiger partial charge in [-0.05, 0) is 47.9 Å². The van der Waals surface area contributed by atoms with E-state index in [0.29, 0.717) is 0 Å². The summed E-state index contributed by atoms with van der Waals surface area (Å²) in [6, 6.07) is 34.1. The largest absolute Gasteiger partial charge is 0.327 e. The van der Waals surface area contributed by atoms with E-state index in [1.165, 1.54) is 0 Å². The summed E-state index contributed by atoms with van der Waals surface area (Å²) in [4.78, 5) is 17.7. The molecule has 0 saturated heterocycles. The zero-order valence-corrected chi connectivity index (χ0v) is 18.0. The van der Waals surface area contributed by atoms with Crippen LogP contribution in [0, 0.1) is 6.92 Å². The van der Waals surface area contributed by atoms with Gasteiger partial charge in [0, 0.05) is 9.79 Å². The third-order valence-electron chi connectivity index (χ3n) is 5.54. The van der Waals surface area contributed by atoms with Crippen molar-refractivity contribution in [3.8, 4) is 0 Å². The number of benzene rings is 4. The van der Waals surface area contributed by atoms with Crippen molar-refractivity contribution in [2.24, 2.45) is 0 Å². The number of carbonyl (C=O) groups excluding carboxylic acids is 1. The monoisotopic (exact) mass is 422 g/mol. The van der Waals surface area contributed by atoms with E-state index in [9.17, 15) is 4.79 Å². The Labute approximate surface area is 186 Å². The van der Waals surface area contributed by atoms with Gasteiger partial charge in [-0.15, -0.1) is 0 Å². The molecule has 0 fully saturated rings. The Hall–Kier alpha value is -3.50. The van der Waals surface area contributed by atoms with Crippen molar-refractivity contribution < 1.29 is 4.79 Å². The Morgan fingerprint density at radius 3 is 1.94 bits per heavy atom. The van der Waals surface area contributed by atoms with E-state index < -0.39 is 0 Å². The second kappa shape index (κ2) is 8.32. The first kappa shape index (κ1) is 19.5. The number of nitrogens with one attached hydrogen (secondary N) is 1. The second-order valence-corrected chi connectivity index (χ2v) is 8.61. The molecule has 3 nitrogen and oxygen atoms in total. The number of urea groups is 1. The molecule has 1 heterocycles. The molecule has 4 aromatic rings. The molecule has 0 bridgehead atoms. The third kappa shape index (κ3) is 3.71. The fraction of sp³-hybridized carbons (Fsp3) is 0.0741. The number of fused-ring (bicyclic) bond motifs is 2. The summed E-state index contributed by atoms with van der Waals surface area (Å²) in [5.74, 6) is 0. The number of nitrogens with zero attached hydrogens (tertiary/aromatic N) is 1. The van der Waals surface area contributed by atoms with Gasteiger partial charge in [-0.25, -0.2) is 4.79 Å². The van der Waals surface area contributed by atoms with Crippen LogP contribution in [0.2, 0.25) is 0 Å². The molecule has 0 saturated carbocycles. The van der Waals surface area contributed by atoms with Crippen LogP contribution in [-0.2, 0) is 0 Å². The molecular weight excluding hydrogens is 400 g/mol. The summed E-state index contributed by atoms with van der Waals surface area (Å²) in [7, 11) is 0. The van der Waals surface area contributed by atoms with E-state index in [-0.39, 0.29) is 12.1 Å². The quantitative estimate of drug-likeness (QED) is 0.382. The number of hydrogen-bond donors (Lipinski definition) is 1. The van der Waals surface area contributed by atoms with Crippen LogP contribution in [0.3, 0.4) is 0 Å². The molecule has 4 heteroatoms. The maximum absolute atomic E-state index is 13.8. The normalized spacial score (nSPS) is 13.1. The van der Waals surface area contributed by atoms with Crippen molar-refractivity contribution in [3.63, 3.8) is 0 Å². The van der Waals surface area contributed by atoms with Gasteiger partial charge < -0.3 is 5.32 Å². The highest BCUT2D eigenvalue weighted by Gasteiger charge is 2.30. The van der Waals surface area contributed by atoms with Crippen LogP contribution in [0.1, 0.15) is 22.7 Å². The first-order valence-corrected chi connectivity index (χ1v) is 11.1. The number of hydrogen-bond acceptors (Lipinski definition) is 2. The topological polar surface area (TPSA) is 32.3 Å². The van der Waals surface area contributed by atoms with Crippen LogP contribution < -0.4 is 10.2 Å². The van der Waals surface area contributed by atoms with Gasteiger partial charge in [-0.1, -0.05) is 90.6 Å². The molecule has 1 aliphatic heterocycles. The number of carbonyl (C=O) groups is 1. The first-order valence-electron chi connectivity index (χ1n) is 10.3. The predicted molar refractivity (Wildman–Crippen MR) is 127 cm³/mol. The zero-order valence-electron chi connectivity index (χ0n) is 17.2. The summed E-state index contributed by atoms with van der Waals surface area (Å²) in [5, 5.41) is 3.32. The van der Waals surface area contributed by atoms with Crippen LogP contribution in [0.15, 0.2) is 113 Å². The third-order valence-corrected chi connectivity index (χ3v) is 6.67. The summed E-state index contributed by atoms with van der Waals surface area (Å²) in [6.45, 7) is 2.08. The van der Waals surface area contributed by atoms with Gasteiger partial charge >= 0.3 is 6.03 Å². The maximum atomic E-state index is 13.8. The molecule has 2 amide bonds. The van der Waals surface area contributed by atoms with Gasteiger partial charge in [0.25, 0.3) is 0 Å². The molecule has 0 radical (unpaired) electrons. The highest BCUT2D eigenvalue weighted by molar-refractivity contribution is 7.99. The molecular formula is C27H22N2OS. The molecule has 5 rings (SSSR count). The summed E-state index contributed by atoms with van der Waals surface area (Å²) in [5.41, 5.74) is 5.10. The Morgan fingerprint density at radius 2 is 1.29 bits per heavy atom. The van der Waals surface area contributed by atoms with Crippen LogP contribution in [-0.4, -0.2) is 6.03 Å². The highest BCUT2D eigenvalue weighted by Crippen LogP contribution is 2.48. The van der Waals surface area contributed by atoms with E-state index in [1.807, 2.05) is 66.7 Å². The van der Waals surface area contributed by atoms with Gasteiger partial charge in [-0.3, -0.25) is 4.90 Å². The van der Waals surface area contributed by atoms with Crippen LogP contribution in [0.4, 0.5) is 16.2 Å². The summed E-state index contributed by atoms with van der Waals surface area (Å²) in [6.07, 6.45) is 0. The number of rotatable bonds is 3. The lowest BCUT2D eigenvalue weighted by Gasteiger charge is -2.33. The average molecular weight is 423 g/mol. The smallest absolute Gasteiger partial charge is 0.326 e. The van der Waals surface area contributed by atoms with Crippen molar-refractivity contribution in [1.82, 2.24) is 5.32 Å². The van der Waals surface area contributed by atoms with Crippen molar-refractivity contribution in [3.05, 3.63) is 120 Å². The minimum atomic E-state index is -0.246. The van der Waals surface area contributed by atoms with Gasteiger partial charge in [0.15, 0.2) is 0 Å². The zero-order chi connectivity index (χ0) is 21.2. The standard InChI is InChI=1S/C27H22N2OS/c1-19-11-5-6-14-21(19)26(20-12-3-2-4-13-20)28-27(30)29-22-15-7-9-17-24(22)31-25-18-10-8-16-23(25)29/h2-18,26H,1H3,(H,28,30)/t26-/m0/s1. The maximum Gasteiger partial charge on any atom is 0.327 e. The fourth-order valence-electron chi connectivity index (χ4n) is 4.01. The van der Waals surface area contributed by atoms with Gasteiger partial charge in [0.05, 0.1) is 17.4 Å². The van der Waals surface area contributed by atoms with Crippen LogP contribution >= 0.6 is 11.8 Å². The summed E-state index contributed by atoms with van der Waals surface area (Å²) >= 11 is 1.70. The lowest BCUT2D eigenvalue weighted by Crippen LogP contribution is -2.40. The minimum absolute atomic E-state index is 0.141. The van der Waals surface area contributed by atoms with Crippen LogP contribution in [0.5, 0.6) is 0 Å². The predicted octanol–water partition coefficient (Wildman–Crippen LogP) is 7.10. The van der Waals surface area contributed by atoms with E-state index >= 15 is 0 Å². The number of para-hydroxylation sites is 2. The van der Waals surface area contributed by atoms with E-state index in [1.54, 1.807) is 16.7 Å². The fourth-order valence-corrected chi connectivity index (χ4v) is 5.07. The first-order chi connectivity index (χ1) is 15.2. The number of anilines is 2. The molecule has 1 N–H and O–H groups in total. The molecule has 31 heavy (non-hydrogen) atoms. The molecule has 1 aliphatic rings. The lowest BCUT2D eigenvalue weighted by molar-refractivity contribution is 0.246. The van der Waals surface area contributed by atoms with E-state index in [0.717, 1.165) is 37.9 Å². The SMILES string of the molecule is Cc1ccccc1[C@@H](NC(=O)N1c2ccccc2Sc2ccccc21)c1ccccc1. The van der Waals surface area contributed by atoms with E-state index in [2.05, 4.69) is 48.6 Å². The van der Waals surface area contributed by atoms with E-state index in [4.69, 9.17) is 0 Å². The molecule has 0 aliphatic carbocycles. The number of aryl methyl sites for hydroxylation is 1.